The van der Waals surface area contributed by atoms with E-state index in [0.717, 1.165) is 12.8 Å². The van der Waals surface area contributed by atoms with Gasteiger partial charge in [0, 0.05) is 6.92 Å². The summed E-state index contributed by atoms with van der Waals surface area (Å²) in [6.07, 6.45) is 2.57. The van der Waals surface area contributed by atoms with E-state index in [2.05, 4.69) is 5.32 Å². The van der Waals surface area contributed by atoms with Gasteiger partial charge in [0.15, 0.2) is 0 Å². The molecule has 0 aliphatic heterocycles. The lowest BCUT2D eigenvalue weighted by Gasteiger charge is -2.02. The molecule has 0 aromatic rings. The number of halogens is 1. The fraction of sp³-hybridized carbons (Fsp3) is 0.556. The zero-order chi connectivity index (χ0) is 10.3. The monoisotopic (exact) mass is 200 g/mol. The number of allylic oxidation sites excluding steroid dienone is 2. The Bertz CT molecular complexity index is 253. The molecule has 0 heterocycles. The van der Waals surface area contributed by atoms with Gasteiger partial charge >= 0.3 is 0 Å². The summed E-state index contributed by atoms with van der Waals surface area (Å²) in [6.45, 7) is 3.38. The molecule has 0 bridgehead atoms. The second-order valence-electron chi connectivity index (χ2n) is 2.68. The van der Waals surface area contributed by atoms with Crippen molar-refractivity contribution < 1.29 is 4.79 Å². The Morgan fingerprint density at radius 2 is 2.23 bits per heavy atom. The van der Waals surface area contributed by atoms with Gasteiger partial charge in [-0.25, -0.2) is 0 Å². The highest BCUT2D eigenvalue weighted by Gasteiger charge is 2.04. The van der Waals surface area contributed by atoms with Crippen LogP contribution in [0.1, 0.15) is 33.1 Å². The van der Waals surface area contributed by atoms with Crippen LogP contribution < -0.4 is 5.32 Å². The molecule has 0 spiro atoms. The Morgan fingerprint density at radius 1 is 1.62 bits per heavy atom. The smallest absolute Gasteiger partial charge is 0.221 e. The minimum atomic E-state index is -0.272. The molecule has 0 fully saturated rings. The lowest BCUT2D eigenvalue weighted by molar-refractivity contribution is -0.118. The standard InChI is InChI=1S/C9H13ClN2O/c1-3-4-5-8(10)9(6-11)12-7(2)13/h3-5H2,1-2H3,(H,12,13)/b9-8+. The molecule has 0 aliphatic rings. The second kappa shape index (κ2) is 6.50. The molecule has 1 N–H and O–H groups in total. The van der Waals surface area contributed by atoms with Crippen LogP contribution in [0, 0.1) is 11.3 Å². The number of carbonyl (C=O) groups is 1. The van der Waals surface area contributed by atoms with Crippen LogP contribution in [0.2, 0.25) is 0 Å². The van der Waals surface area contributed by atoms with Gasteiger partial charge < -0.3 is 5.32 Å². The van der Waals surface area contributed by atoms with Crippen molar-refractivity contribution >= 4 is 17.5 Å². The molecule has 1 amide bonds. The Hall–Kier alpha value is -1.01. The zero-order valence-corrected chi connectivity index (χ0v) is 8.61. The van der Waals surface area contributed by atoms with Gasteiger partial charge in [0.05, 0.1) is 5.03 Å². The molecule has 0 aromatic heterocycles. The quantitative estimate of drug-likeness (QED) is 0.708. The summed E-state index contributed by atoms with van der Waals surface area (Å²) >= 11 is 5.81. The predicted octanol–water partition coefficient (Wildman–Crippen LogP) is 2.29. The van der Waals surface area contributed by atoms with E-state index in [0.29, 0.717) is 11.5 Å². The summed E-state index contributed by atoms with van der Waals surface area (Å²) in [6, 6.07) is 1.86. The summed E-state index contributed by atoms with van der Waals surface area (Å²) < 4.78 is 0. The normalized spacial score (nSPS) is 11.5. The maximum Gasteiger partial charge on any atom is 0.221 e. The van der Waals surface area contributed by atoms with Gasteiger partial charge in [-0.05, 0) is 12.8 Å². The molecule has 0 aliphatic carbocycles. The van der Waals surface area contributed by atoms with E-state index in [9.17, 15) is 4.79 Å². The van der Waals surface area contributed by atoms with Gasteiger partial charge in [-0.15, -0.1) is 0 Å². The topological polar surface area (TPSA) is 52.9 Å². The van der Waals surface area contributed by atoms with E-state index < -0.39 is 0 Å². The van der Waals surface area contributed by atoms with Gasteiger partial charge in [-0.3, -0.25) is 4.79 Å². The van der Waals surface area contributed by atoms with Crippen LogP contribution in [0.5, 0.6) is 0 Å². The van der Waals surface area contributed by atoms with Crippen LogP contribution in [-0.2, 0) is 4.79 Å². The second-order valence-corrected chi connectivity index (χ2v) is 3.13. The number of amides is 1. The van der Waals surface area contributed by atoms with Gasteiger partial charge in [-0.1, -0.05) is 24.9 Å². The third kappa shape index (κ3) is 5.26. The number of nitrogens with zero attached hydrogens (tertiary/aromatic N) is 1. The zero-order valence-electron chi connectivity index (χ0n) is 7.85. The molecule has 13 heavy (non-hydrogen) atoms. The summed E-state index contributed by atoms with van der Waals surface area (Å²) in [4.78, 5) is 10.6. The third-order valence-corrected chi connectivity index (χ3v) is 1.81. The molecular formula is C9H13ClN2O. The van der Waals surface area contributed by atoms with Crippen LogP contribution >= 0.6 is 11.6 Å². The number of carbonyl (C=O) groups excluding carboxylic acids is 1. The number of rotatable bonds is 4. The van der Waals surface area contributed by atoms with Crippen molar-refractivity contribution in [3.8, 4) is 6.07 Å². The van der Waals surface area contributed by atoms with E-state index in [4.69, 9.17) is 16.9 Å². The van der Waals surface area contributed by atoms with Gasteiger partial charge in [0.25, 0.3) is 0 Å². The van der Waals surface area contributed by atoms with Crippen LogP contribution in [-0.4, -0.2) is 5.91 Å². The fourth-order valence-corrected chi connectivity index (χ4v) is 1.01. The molecule has 3 nitrogen and oxygen atoms in total. The lowest BCUT2D eigenvalue weighted by Crippen LogP contribution is -2.19. The van der Waals surface area contributed by atoms with Crippen molar-refractivity contribution in [2.24, 2.45) is 0 Å². The van der Waals surface area contributed by atoms with Crippen molar-refractivity contribution in [2.45, 2.75) is 33.1 Å². The summed E-state index contributed by atoms with van der Waals surface area (Å²) in [5.41, 5.74) is 0.169. The SMILES string of the molecule is CCCC/C(Cl)=C(/C#N)NC(C)=O. The highest BCUT2D eigenvalue weighted by molar-refractivity contribution is 6.30. The largest absolute Gasteiger partial charge is 0.317 e. The Labute approximate surface area is 83.4 Å². The average Bonchev–Trinajstić information content (AvgIpc) is 2.09. The lowest BCUT2D eigenvalue weighted by atomic mass is 10.2. The molecule has 0 unspecified atom stereocenters. The Morgan fingerprint density at radius 3 is 2.62 bits per heavy atom. The van der Waals surface area contributed by atoms with Crippen molar-refractivity contribution in [1.29, 1.82) is 5.26 Å². The van der Waals surface area contributed by atoms with Gasteiger partial charge in [0.1, 0.15) is 11.8 Å². The number of unbranched alkanes of at least 4 members (excludes halogenated alkanes) is 1. The Kier molecular flexibility index (Phi) is 5.99. The predicted molar refractivity (Wildman–Crippen MR) is 51.8 cm³/mol. The molecular weight excluding hydrogens is 188 g/mol. The summed E-state index contributed by atoms with van der Waals surface area (Å²) in [7, 11) is 0. The average molecular weight is 201 g/mol. The number of nitrogens with one attached hydrogen (secondary N) is 1. The van der Waals surface area contributed by atoms with Crippen LogP contribution in [0.15, 0.2) is 10.7 Å². The maximum atomic E-state index is 10.6. The minimum Gasteiger partial charge on any atom is -0.317 e. The molecule has 4 heteroatoms. The molecule has 0 atom stereocenters. The van der Waals surface area contributed by atoms with E-state index in [-0.39, 0.29) is 11.6 Å². The minimum absolute atomic E-state index is 0.169. The summed E-state index contributed by atoms with van der Waals surface area (Å²) in [5, 5.41) is 11.5. The molecule has 0 rings (SSSR count). The first-order valence-electron chi connectivity index (χ1n) is 4.18. The van der Waals surface area contributed by atoms with Crippen LogP contribution in [0.4, 0.5) is 0 Å². The van der Waals surface area contributed by atoms with Crippen molar-refractivity contribution in [2.75, 3.05) is 0 Å². The van der Waals surface area contributed by atoms with Crippen molar-refractivity contribution in [1.82, 2.24) is 5.32 Å². The molecule has 0 radical (unpaired) electrons. The fourth-order valence-electron chi connectivity index (χ4n) is 0.789. The van der Waals surface area contributed by atoms with E-state index >= 15 is 0 Å². The first-order chi connectivity index (χ1) is 6.11. The first kappa shape index (κ1) is 12.0. The molecule has 0 saturated carbocycles. The molecule has 0 aromatic carbocycles. The number of hydrogen-bond acceptors (Lipinski definition) is 2. The summed E-state index contributed by atoms with van der Waals surface area (Å²) in [5.74, 6) is -0.272. The maximum absolute atomic E-state index is 10.6. The van der Waals surface area contributed by atoms with E-state index in [1.807, 2.05) is 13.0 Å². The first-order valence-corrected chi connectivity index (χ1v) is 4.56. The molecule has 72 valence electrons. The van der Waals surface area contributed by atoms with Gasteiger partial charge in [-0.2, -0.15) is 5.26 Å². The van der Waals surface area contributed by atoms with E-state index in [1.54, 1.807) is 0 Å². The van der Waals surface area contributed by atoms with Gasteiger partial charge in [0.2, 0.25) is 5.91 Å². The van der Waals surface area contributed by atoms with Crippen molar-refractivity contribution in [3.63, 3.8) is 0 Å². The third-order valence-electron chi connectivity index (χ3n) is 1.43. The number of hydrogen-bond donors (Lipinski definition) is 1. The highest BCUT2D eigenvalue weighted by Crippen LogP contribution is 2.14. The van der Waals surface area contributed by atoms with Crippen LogP contribution in [0.3, 0.4) is 0 Å². The molecule has 0 saturated heterocycles. The number of nitriles is 1. The Balaban J connectivity index is 4.33. The highest BCUT2D eigenvalue weighted by atomic mass is 35.5. The van der Waals surface area contributed by atoms with E-state index in [1.165, 1.54) is 6.92 Å². The van der Waals surface area contributed by atoms with Crippen LogP contribution in [0.25, 0.3) is 0 Å². The van der Waals surface area contributed by atoms with Crippen molar-refractivity contribution in [3.05, 3.63) is 10.7 Å².